The van der Waals surface area contributed by atoms with Gasteiger partial charge in [0, 0.05) is 15.9 Å². The van der Waals surface area contributed by atoms with Crippen molar-refractivity contribution in [3.63, 3.8) is 0 Å². The van der Waals surface area contributed by atoms with Crippen molar-refractivity contribution in [2.24, 2.45) is 0 Å². The third-order valence-corrected chi connectivity index (χ3v) is 8.26. The second-order valence-corrected chi connectivity index (χ2v) is 10.8. The summed E-state index contributed by atoms with van der Waals surface area (Å²) >= 11 is 1.51. The number of nitrogens with zero attached hydrogens (tertiary/aromatic N) is 1. The molecule has 0 fully saturated rings. The van der Waals surface area contributed by atoms with E-state index in [1.807, 2.05) is 48.5 Å². The van der Waals surface area contributed by atoms with Gasteiger partial charge in [-0.25, -0.2) is 8.42 Å². The molecule has 0 aliphatic heterocycles. The van der Waals surface area contributed by atoms with E-state index in [0.717, 1.165) is 14.1 Å². The van der Waals surface area contributed by atoms with Crippen molar-refractivity contribution >= 4 is 39.1 Å². The second kappa shape index (κ2) is 11.9. The lowest BCUT2D eigenvalue weighted by Crippen LogP contribution is -2.38. The Bertz CT molecular complexity index is 1460. The first-order valence-corrected chi connectivity index (χ1v) is 13.6. The maximum Gasteiger partial charge on any atom is 0.264 e. The molecule has 0 aromatic heterocycles. The average Bonchev–Trinajstić information content (AvgIpc) is 2.93. The summed E-state index contributed by atoms with van der Waals surface area (Å²) in [6.07, 6.45) is 0. The van der Waals surface area contributed by atoms with E-state index in [1.54, 1.807) is 36.4 Å². The molecule has 4 rings (SSSR count). The summed E-state index contributed by atoms with van der Waals surface area (Å²) in [7, 11) is -1.22. The van der Waals surface area contributed by atoms with E-state index < -0.39 is 22.5 Å². The third-order valence-electron chi connectivity index (χ3n) is 5.41. The van der Waals surface area contributed by atoms with Crippen molar-refractivity contribution in [2.75, 3.05) is 30.4 Å². The number of hydrogen-bond acceptors (Lipinski definition) is 6. The Hall–Kier alpha value is -3.95. The molecule has 0 unspecified atom stereocenters. The van der Waals surface area contributed by atoms with Crippen LogP contribution in [0, 0.1) is 0 Å². The lowest BCUT2D eigenvalue weighted by atomic mass is 10.3. The van der Waals surface area contributed by atoms with Crippen molar-refractivity contribution in [2.45, 2.75) is 14.7 Å². The molecular weight excluding hydrogens is 508 g/mol. The molecule has 9 heteroatoms. The quantitative estimate of drug-likeness (QED) is 0.281. The number of ether oxygens (including phenoxy) is 2. The zero-order valence-electron chi connectivity index (χ0n) is 20.3. The zero-order valence-corrected chi connectivity index (χ0v) is 22.0. The summed E-state index contributed by atoms with van der Waals surface area (Å²) in [6, 6.07) is 30.0. The van der Waals surface area contributed by atoms with Crippen LogP contribution in [0.3, 0.4) is 0 Å². The summed E-state index contributed by atoms with van der Waals surface area (Å²) in [4.78, 5) is 15.1. The third kappa shape index (κ3) is 6.25. The van der Waals surface area contributed by atoms with Crippen molar-refractivity contribution in [1.82, 2.24) is 0 Å². The van der Waals surface area contributed by atoms with E-state index in [-0.39, 0.29) is 10.6 Å². The van der Waals surface area contributed by atoms with Crippen LogP contribution in [0.2, 0.25) is 0 Å². The number of sulfonamides is 1. The molecule has 0 saturated heterocycles. The first-order valence-electron chi connectivity index (χ1n) is 11.3. The van der Waals surface area contributed by atoms with Gasteiger partial charge in [0.1, 0.15) is 6.54 Å². The van der Waals surface area contributed by atoms with E-state index in [4.69, 9.17) is 9.47 Å². The van der Waals surface area contributed by atoms with Crippen LogP contribution in [0.5, 0.6) is 11.5 Å². The molecule has 0 saturated carbocycles. The molecule has 0 aliphatic carbocycles. The van der Waals surface area contributed by atoms with Gasteiger partial charge in [-0.1, -0.05) is 60.3 Å². The Kier molecular flexibility index (Phi) is 8.37. The van der Waals surface area contributed by atoms with Gasteiger partial charge < -0.3 is 14.8 Å². The Labute approximate surface area is 221 Å². The SMILES string of the molecule is COc1ccc(S(=O)(=O)N(CC(=O)Nc2ccccc2Sc2ccccc2)c2ccccc2)cc1OC. The first-order chi connectivity index (χ1) is 17.9. The second-order valence-electron chi connectivity index (χ2n) is 7.82. The summed E-state index contributed by atoms with van der Waals surface area (Å²) in [5, 5.41) is 2.88. The van der Waals surface area contributed by atoms with Crippen molar-refractivity contribution in [1.29, 1.82) is 0 Å². The molecule has 1 amide bonds. The van der Waals surface area contributed by atoms with Gasteiger partial charge in [-0.15, -0.1) is 0 Å². The van der Waals surface area contributed by atoms with Crippen molar-refractivity contribution < 1.29 is 22.7 Å². The van der Waals surface area contributed by atoms with Crippen LogP contribution in [0.25, 0.3) is 0 Å². The minimum absolute atomic E-state index is 0.0261. The van der Waals surface area contributed by atoms with Gasteiger partial charge in [0.15, 0.2) is 11.5 Å². The van der Waals surface area contributed by atoms with Crippen LogP contribution in [0.15, 0.2) is 118 Å². The van der Waals surface area contributed by atoms with Gasteiger partial charge in [-0.2, -0.15) is 0 Å². The highest BCUT2D eigenvalue weighted by Crippen LogP contribution is 2.34. The number of nitrogens with one attached hydrogen (secondary N) is 1. The molecule has 190 valence electrons. The summed E-state index contributed by atoms with van der Waals surface area (Å²) < 4.78 is 39.1. The number of anilines is 2. The van der Waals surface area contributed by atoms with Crippen molar-refractivity contribution in [3.05, 3.63) is 103 Å². The molecule has 0 atom stereocenters. The number of amides is 1. The smallest absolute Gasteiger partial charge is 0.264 e. The molecule has 0 bridgehead atoms. The fraction of sp³-hybridized carbons (Fsp3) is 0.107. The number of carbonyl (C=O) groups is 1. The van der Waals surface area contributed by atoms with Gasteiger partial charge in [0.05, 0.1) is 30.5 Å². The van der Waals surface area contributed by atoms with Gasteiger partial charge in [0.2, 0.25) is 5.91 Å². The maximum absolute atomic E-state index is 13.7. The summed E-state index contributed by atoms with van der Waals surface area (Å²) in [5.41, 5.74) is 0.956. The van der Waals surface area contributed by atoms with Gasteiger partial charge in [-0.05, 0) is 48.5 Å². The standard InChI is InChI=1S/C28H26N2O5S2/c1-34-25-18-17-23(19-26(25)35-2)37(32,33)30(21-11-5-3-6-12-21)20-28(31)29-24-15-9-10-16-27(24)36-22-13-7-4-8-14-22/h3-19H,20H2,1-2H3,(H,29,31). The number of benzene rings is 4. The maximum atomic E-state index is 13.7. The van der Waals surface area contributed by atoms with Crippen LogP contribution >= 0.6 is 11.8 Å². The van der Waals surface area contributed by atoms with Crippen LogP contribution in [-0.4, -0.2) is 35.1 Å². The van der Waals surface area contributed by atoms with E-state index in [2.05, 4.69) is 5.32 Å². The van der Waals surface area contributed by atoms with E-state index in [1.165, 1.54) is 44.2 Å². The Morgan fingerprint density at radius 3 is 2.11 bits per heavy atom. The molecule has 4 aromatic carbocycles. The lowest BCUT2D eigenvalue weighted by Gasteiger charge is -2.24. The Morgan fingerprint density at radius 1 is 0.811 bits per heavy atom. The van der Waals surface area contributed by atoms with Gasteiger partial charge in [-0.3, -0.25) is 9.10 Å². The first kappa shape index (κ1) is 26.1. The highest BCUT2D eigenvalue weighted by molar-refractivity contribution is 7.99. The van der Waals surface area contributed by atoms with Gasteiger partial charge >= 0.3 is 0 Å². The van der Waals surface area contributed by atoms with Crippen LogP contribution < -0.4 is 19.1 Å². The van der Waals surface area contributed by atoms with Gasteiger partial charge in [0.25, 0.3) is 10.0 Å². The van der Waals surface area contributed by atoms with Crippen LogP contribution in [0.4, 0.5) is 11.4 Å². The van der Waals surface area contributed by atoms with E-state index in [0.29, 0.717) is 17.1 Å². The topological polar surface area (TPSA) is 84.9 Å². The molecule has 0 spiro atoms. The fourth-order valence-electron chi connectivity index (χ4n) is 3.61. The molecule has 37 heavy (non-hydrogen) atoms. The van der Waals surface area contributed by atoms with Crippen molar-refractivity contribution in [3.8, 4) is 11.5 Å². The number of methoxy groups -OCH3 is 2. The molecule has 7 nitrogen and oxygen atoms in total. The molecular formula is C28H26N2O5S2. The number of rotatable bonds is 10. The largest absolute Gasteiger partial charge is 0.493 e. The van der Waals surface area contributed by atoms with Crippen LogP contribution in [0.1, 0.15) is 0 Å². The Balaban J connectivity index is 1.63. The highest BCUT2D eigenvalue weighted by Gasteiger charge is 2.28. The molecule has 0 radical (unpaired) electrons. The number of para-hydroxylation sites is 2. The minimum atomic E-state index is -4.13. The lowest BCUT2D eigenvalue weighted by molar-refractivity contribution is -0.114. The minimum Gasteiger partial charge on any atom is -0.493 e. The normalized spacial score (nSPS) is 11.0. The fourth-order valence-corrected chi connectivity index (χ4v) is 5.97. The summed E-state index contributed by atoms with van der Waals surface area (Å²) in [5.74, 6) is 0.194. The Morgan fingerprint density at radius 2 is 1.43 bits per heavy atom. The monoisotopic (exact) mass is 534 g/mol. The van der Waals surface area contributed by atoms with Crippen LogP contribution in [-0.2, 0) is 14.8 Å². The molecule has 4 aromatic rings. The summed E-state index contributed by atoms with van der Waals surface area (Å²) in [6.45, 7) is -0.426. The molecule has 0 heterocycles. The number of hydrogen-bond donors (Lipinski definition) is 1. The predicted octanol–water partition coefficient (Wildman–Crippen LogP) is 5.69. The average molecular weight is 535 g/mol. The molecule has 1 N–H and O–H groups in total. The highest BCUT2D eigenvalue weighted by atomic mass is 32.2. The van der Waals surface area contributed by atoms with E-state index in [9.17, 15) is 13.2 Å². The van der Waals surface area contributed by atoms with E-state index >= 15 is 0 Å². The number of carbonyl (C=O) groups excluding carboxylic acids is 1. The predicted molar refractivity (Wildman–Crippen MR) is 146 cm³/mol. The molecule has 0 aliphatic rings. The zero-order chi connectivity index (χ0) is 26.3.